The van der Waals surface area contributed by atoms with Gasteiger partial charge in [-0.1, -0.05) is 0 Å². The second-order valence-corrected chi connectivity index (χ2v) is 5.00. The van der Waals surface area contributed by atoms with E-state index in [1.807, 2.05) is 0 Å². The standard InChI is InChI=1S/C10H20N2/c1-10(2)7-8(11)6-9-4-3-5-12(9)10/h8-9H,3-7,11H2,1-2H3/t8-,9-/m0/s1. The fourth-order valence-corrected chi connectivity index (χ4v) is 3.07. The molecule has 0 spiro atoms. The molecule has 2 aliphatic heterocycles. The third-order valence-corrected chi connectivity index (χ3v) is 3.49. The molecule has 0 aliphatic carbocycles. The fourth-order valence-electron chi connectivity index (χ4n) is 3.07. The van der Waals surface area contributed by atoms with Crippen LogP contribution in [0, 0.1) is 0 Å². The van der Waals surface area contributed by atoms with E-state index in [4.69, 9.17) is 5.73 Å². The van der Waals surface area contributed by atoms with E-state index >= 15 is 0 Å². The predicted molar refractivity (Wildman–Crippen MR) is 51.0 cm³/mol. The van der Waals surface area contributed by atoms with E-state index in [-0.39, 0.29) is 0 Å². The molecule has 2 N–H and O–H groups in total. The molecule has 0 aromatic carbocycles. The number of hydrogen-bond donors (Lipinski definition) is 1. The zero-order valence-corrected chi connectivity index (χ0v) is 8.21. The minimum Gasteiger partial charge on any atom is -0.328 e. The Labute approximate surface area is 75.1 Å². The van der Waals surface area contributed by atoms with Crippen LogP contribution in [-0.4, -0.2) is 29.1 Å². The van der Waals surface area contributed by atoms with E-state index in [1.165, 1.54) is 32.2 Å². The molecular weight excluding hydrogens is 148 g/mol. The van der Waals surface area contributed by atoms with Crippen LogP contribution in [0.25, 0.3) is 0 Å². The topological polar surface area (TPSA) is 29.3 Å². The Balaban J connectivity index is 2.15. The summed E-state index contributed by atoms with van der Waals surface area (Å²) in [4.78, 5) is 2.66. The van der Waals surface area contributed by atoms with Crippen molar-refractivity contribution >= 4 is 0 Å². The van der Waals surface area contributed by atoms with E-state index in [9.17, 15) is 0 Å². The molecule has 2 aliphatic rings. The lowest BCUT2D eigenvalue weighted by atomic mass is 9.84. The molecule has 2 fully saturated rings. The van der Waals surface area contributed by atoms with Crippen LogP contribution in [0.15, 0.2) is 0 Å². The maximum atomic E-state index is 6.04. The van der Waals surface area contributed by atoms with Crippen LogP contribution in [0.3, 0.4) is 0 Å². The number of rotatable bonds is 0. The minimum atomic E-state index is 0.360. The van der Waals surface area contributed by atoms with E-state index < -0.39 is 0 Å². The van der Waals surface area contributed by atoms with E-state index in [0.717, 1.165) is 6.04 Å². The van der Waals surface area contributed by atoms with Crippen molar-refractivity contribution in [2.75, 3.05) is 6.54 Å². The zero-order valence-electron chi connectivity index (χ0n) is 8.21. The van der Waals surface area contributed by atoms with Gasteiger partial charge in [-0.15, -0.1) is 0 Å². The summed E-state index contributed by atoms with van der Waals surface area (Å²) in [6.07, 6.45) is 5.14. The Bertz CT molecular complexity index is 177. The van der Waals surface area contributed by atoms with Crippen molar-refractivity contribution in [2.45, 2.75) is 57.2 Å². The highest BCUT2D eigenvalue weighted by molar-refractivity contribution is 4.98. The summed E-state index contributed by atoms with van der Waals surface area (Å²) in [5, 5.41) is 0. The van der Waals surface area contributed by atoms with Crippen LogP contribution >= 0.6 is 0 Å². The summed E-state index contributed by atoms with van der Waals surface area (Å²) in [6, 6.07) is 1.24. The molecular formula is C10H20N2. The first-order valence-corrected chi connectivity index (χ1v) is 5.12. The zero-order chi connectivity index (χ0) is 8.77. The highest BCUT2D eigenvalue weighted by Crippen LogP contribution is 2.36. The van der Waals surface area contributed by atoms with Gasteiger partial charge in [0.05, 0.1) is 0 Å². The summed E-state index contributed by atoms with van der Waals surface area (Å²) in [5.74, 6) is 0. The Morgan fingerprint density at radius 2 is 2.17 bits per heavy atom. The molecule has 2 heterocycles. The summed E-state index contributed by atoms with van der Waals surface area (Å²) in [5.41, 5.74) is 6.40. The van der Waals surface area contributed by atoms with Crippen LogP contribution in [-0.2, 0) is 0 Å². The van der Waals surface area contributed by atoms with Gasteiger partial charge in [0.25, 0.3) is 0 Å². The van der Waals surface area contributed by atoms with Gasteiger partial charge in [0.2, 0.25) is 0 Å². The Morgan fingerprint density at radius 1 is 1.42 bits per heavy atom. The average Bonchev–Trinajstić information content (AvgIpc) is 2.32. The highest BCUT2D eigenvalue weighted by Gasteiger charge is 2.41. The number of fused-ring (bicyclic) bond motifs is 1. The van der Waals surface area contributed by atoms with Crippen LogP contribution < -0.4 is 5.73 Å². The van der Waals surface area contributed by atoms with Gasteiger partial charge in [0.1, 0.15) is 0 Å². The molecule has 0 amide bonds. The van der Waals surface area contributed by atoms with Gasteiger partial charge < -0.3 is 5.73 Å². The molecule has 2 atom stereocenters. The monoisotopic (exact) mass is 168 g/mol. The van der Waals surface area contributed by atoms with Gasteiger partial charge in [0.15, 0.2) is 0 Å². The number of hydrogen-bond acceptors (Lipinski definition) is 2. The van der Waals surface area contributed by atoms with Gasteiger partial charge in [-0.2, -0.15) is 0 Å². The van der Waals surface area contributed by atoms with Crippen molar-refractivity contribution in [3.63, 3.8) is 0 Å². The molecule has 2 rings (SSSR count). The predicted octanol–water partition coefficient (Wildman–Crippen LogP) is 1.35. The van der Waals surface area contributed by atoms with Crippen LogP contribution in [0.1, 0.15) is 39.5 Å². The Morgan fingerprint density at radius 3 is 2.92 bits per heavy atom. The van der Waals surface area contributed by atoms with Crippen molar-refractivity contribution in [1.29, 1.82) is 0 Å². The molecule has 12 heavy (non-hydrogen) atoms. The summed E-state index contributed by atoms with van der Waals surface area (Å²) in [7, 11) is 0. The maximum Gasteiger partial charge on any atom is 0.0170 e. The molecule has 70 valence electrons. The van der Waals surface area contributed by atoms with Crippen LogP contribution in [0.2, 0.25) is 0 Å². The molecule has 0 aromatic rings. The quantitative estimate of drug-likeness (QED) is 0.591. The molecule has 0 radical (unpaired) electrons. The first-order chi connectivity index (χ1) is 5.59. The van der Waals surface area contributed by atoms with Gasteiger partial charge in [0, 0.05) is 17.6 Å². The second-order valence-electron chi connectivity index (χ2n) is 5.00. The molecule has 2 saturated heterocycles. The lowest BCUT2D eigenvalue weighted by Gasteiger charge is -2.46. The van der Waals surface area contributed by atoms with Crippen molar-refractivity contribution in [3.8, 4) is 0 Å². The summed E-state index contributed by atoms with van der Waals surface area (Å²) in [6.45, 7) is 5.97. The summed E-state index contributed by atoms with van der Waals surface area (Å²) >= 11 is 0. The largest absolute Gasteiger partial charge is 0.328 e. The van der Waals surface area contributed by atoms with Crippen LogP contribution in [0.5, 0.6) is 0 Å². The molecule has 2 nitrogen and oxygen atoms in total. The Hall–Kier alpha value is -0.0800. The lowest BCUT2D eigenvalue weighted by molar-refractivity contribution is 0.0462. The third-order valence-electron chi connectivity index (χ3n) is 3.49. The molecule has 0 bridgehead atoms. The average molecular weight is 168 g/mol. The van der Waals surface area contributed by atoms with Crippen LogP contribution in [0.4, 0.5) is 0 Å². The molecule has 0 saturated carbocycles. The van der Waals surface area contributed by atoms with Gasteiger partial charge in [-0.25, -0.2) is 0 Å². The third kappa shape index (κ3) is 1.27. The first-order valence-electron chi connectivity index (χ1n) is 5.12. The van der Waals surface area contributed by atoms with Gasteiger partial charge >= 0.3 is 0 Å². The Kier molecular flexibility index (Phi) is 1.92. The van der Waals surface area contributed by atoms with Crippen molar-refractivity contribution < 1.29 is 0 Å². The minimum absolute atomic E-state index is 0.360. The molecule has 2 heteroatoms. The maximum absolute atomic E-state index is 6.04. The number of nitrogens with two attached hydrogens (primary N) is 1. The van der Waals surface area contributed by atoms with E-state index in [1.54, 1.807) is 0 Å². The highest BCUT2D eigenvalue weighted by atomic mass is 15.2. The lowest BCUT2D eigenvalue weighted by Crippen LogP contribution is -2.55. The van der Waals surface area contributed by atoms with Crippen molar-refractivity contribution in [1.82, 2.24) is 4.90 Å². The molecule has 0 aromatic heterocycles. The van der Waals surface area contributed by atoms with Crippen molar-refractivity contribution in [2.24, 2.45) is 5.73 Å². The first kappa shape index (κ1) is 8.52. The van der Waals surface area contributed by atoms with E-state index in [0.29, 0.717) is 11.6 Å². The molecule has 0 unspecified atom stereocenters. The van der Waals surface area contributed by atoms with Gasteiger partial charge in [-0.3, -0.25) is 4.90 Å². The normalized spacial score (nSPS) is 41.2. The smallest absolute Gasteiger partial charge is 0.0170 e. The van der Waals surface area contributed by atoms with E-state index in [2.05, 4.69) is 18.7 Å². The number of piperidine rings is 1. The fraction of sp³-hybridized carbons (Fsp3) is 1.00. The number of nitrogens with zero attached hydrogens (tertiary/aromatic N) is 1. The summed E-state index contributed by atoms with van der Waals surface area (Å²) < 4.78 is 0. The van der Waals surface area contributed by atoms with Gasteiger partial charge in [-0.05, 0) is 46.1 Å². The SMILES string of the molecule is CC1(C)C[C@@H](N)C[C@@H]2CCCN21. The second kappa shape index (κ2) is 2.71. The van der Waals surface area contributed by atoms with Crippen molar-refractivity contribution in [3.05, 3.63) is 0 Å².